The summed E-state index contributed by atoms with van der Waals surface area (Å²) in [6.07, 6.45) is 0. The molecule has 7 heteroatoms. The van der Waals surface area contributed by atoms with E-state index in [0.29, 0.717) is 34.0 Å². The summed E-state index contributed by atoms with van der Waals surface area (Å²) in [5.41, 5.74) is 0.652. The van der Waals surface area contributed by atoms with Gasteiger partial charge in [0.2, 0.25) is 5.89 Å². The molecule has 2 aromatic rings. The highest BCUT2D eigenvalue weighted by molar-refractivity contribution is 9.10. The molecule has 1 aromatic heterocycles. The van der Waals surface area contributed by atoms with Crippen LogP contribution in [-0.2, 0) is 6.54 Å². The van der Waals surface area contributed by atoms with E-state index < -0.39 is 0 Å². The van der Waals surface area contributed by atoms with Crippen LogP contribution in [0.3, 0.4) is 0 Å². The number of hydrogen-bond acceptors (Lipinski definition) is 4. The first kappa shape index (κ1) is 12.7. The van der Waals surface area contributed by atoms with Crippen LogP contribution in [0.2, 0.25) is 10.0 Å². The zero-order chi connectivity index (χ0) is 12.4. The molecule has 0 saturated heterocycles. The van der Waals surface area contributed by atoms with Gasteiger partial charge in [-0.3, -0.25) is 0 Å². The van der Waals surface area contributed by atoms with Gasteiger partial charge in [-0.15, -0.1) is 0 Å². The molecule has 4 nitrogen and oxygen atoms in total. The van der Waals surface area contributed by atoms with Crippen LogP contribution in [0.5, 0.6) is 0 Å². The molecule has 0 bridgehead atoms. The summed E-state index contributed by atoms with van der Waals surface area (Å²) in [6, 6.07) is 3.52. The van der Waals surface area contributed by atoms with Gasteiger partial charge in [0.15, 0.2) is 5.82 Å². The van der Waals surface area contributed by atoms with E-state index in [-0.39, 0.29) is 0 Å². The molecule has 1 aromatic carbocycles. The van der Waals surface area contributed by atoms with Crippen molar-refractivity contribution in [3.63, 3.8) is 0 Å². The number of benzene rings is 1. The minimum atomic E-state index is 0.401. The number of rotatable bonds is 3. The first-order chi connectivity index (χ1) is 8.06. The van der Waals surface area contributed by atoms with Crippen molar-refractivity contribution in [3.8, 4) is 0 Å². The van der Waals surface area contributed by atoms with E-state index >= 15 is 0 Å². The topological polar surface area (TPSA) is 51.0 Å². The molecular weight excluding hydrogens is 329 g/mol. The summed E-state index contributed by atoms with van der Waals surface area (Å²) >= 11 is 15.4. The number of nitrogens with zero attached hydrogens (tertiary/aromatic N) is 2. The fourth-order valence-corrected chi connectivity index (χ4v) is 2.63. The van der Waals surface area contributed by atoms with Gasteiger partial charge in [0.25, 0.3) is 0 Å². The van der Waals surface area contributed by atoms with Crippen molar-refractivity contribution in [3.05, 3.63) is 38.4 Å². The molecule has 0 aliphatic carbocycles. The van der Waals surface area contributed by atoms with Gasteiger partial charge in [-0.05, 0) is 12.1 Å². The molecule has 90 valence electrons. The summed E-state index contributed by atoms with van der Waals surface area (Å²) in [7, 11) is 0. The number of aromatic nitrogens is 2. The van der Waals surface area contributed by atoms with E-state index in [0.717, 1.165) is 4.47 Å². The molecule has 1 N–H and O–H groups in total. The Labute approximate surface area is 116 Å². The minimum Gasteiger partial charge on any atom is -0.375 e. The Morgan fingerprint density at radius 3 is 2.53 bits per heavy atom. The van der Waals surface area contributed by atoms with Crippen molar-refractivity contribution in [2.75, 3.05) is 5.32 Å². The van der Waals surface area contributed by atoms with Gasteiger partial charge in [0.05, 0.1) is 22.3 Å². The molecule has 2 rings (SSSR count). The average Bonchev–Trinajstić information content (AvgIpc) is 2.62. The van der Waals surface area contributed by atoms with Crippen molar-refractivity contribution in [2.24, 2.45) is 0 Å². The normalized spacial score (nSPS) is 10.6. The van der Waals surface area contributed by atoms with Crippen LogP contribution >= 0.6 is 39.1 Å². The van der Waals surface area contributed by atoms with E-state index in [2.05, 4.69) is 31.4 Å². The fraction of sp³-hybridized carbons (Fsp3) is 0.200. The number of anilines is 1. The van der Waals surface area contributed by atoms with Crippen LogP contribution in [0.15, 0.2) is 21.1 Å². The largest absolute Gasteiger partial charge is 0.375 e. The number of aryl methyl sites for hydroxylation is 1. The van der Waals surface area contributed by atoms with Gasteiger partial charge in [0.1, 0.15) is 0 Å². The third-order valence-electron chi connectivity index (χ3n) is 2.00. The zero-order valence-corrected chi connectivity index (χ0v) is 11.9. The van der Waals surface area contributed by atoms with Gasteiger partial charge < -0.3 is 9.84 Å². The predicted octanol–water partition coefficient (Wildman–Crippen LogP) is 4.06. The van der Waals surface area contributed by atoms with Crippen LogP contribution < -0.4 is 5.32 Å². The lowest BCUT2D eigenvalue weighted by Gasteiger charge is -2.08. The summed E-state index contributed by atoms with van der Waals surface area (Å²) in [5.74, 6) is 1.08. The highest BCUT2D eigenvalue weighted by Crippen LogP contribution is 2.33. The van der Waals surface area contributed by atoms with E-state index in [1.165, 1.54) is 0 Å². The molecule has 1 heterocycles. The molecule has 0 aliphatic heterocycles. The molecule has 0 aliphatic rings. The summed E-state index contributed by atoms with van der Waals surface area (Å²) in [5, 5.41) is 7.90. The molecule has 0 unspecified atom stereocenters. The van der Waals surface area contributed by atoms with E-state index in [4.69, 9.17) is 27.7 Å². The second-order valence-electron chi connectivity index (χ2n) is 3.33. The monoisotopic (exact) mass is 335 g/mol. The lowest BCUT2D eigenvalue weighted by Crippen LogP contribution is -2.02. The summed E-state index contributed by atoms with van der Waals surface area (Å²) < 4.78 is 5.69. The molecule has 0 atom stereocenters. The zero-order valence-electron chi connectivity index (χ0n) is 8.80. The maximum absolute atomic E-state index is 6.07. The lowest BCUT2D eigenvalue weighted by atomic mass is 10.3. The number of halogens is 3. The summed E-state index contributed by atoms with van der Waals surface area (Å²) in [6.45, 7) is 2.13. The Bertz CT molecular complexity index is 521. The highest BCUT2D eigenvalue weighted by Gasteiger charge is 2.09. The van der Waals surface area contributed by atoms with Gasteiger partial charge in [0, 0.05) is 11.4 Å². The van der Waals surface area contributed by atoms with Crippen molar-refractivity contribution in [1.29, 1.82) is 0 Å². The standard InChI is InChI=1S/C10H8BrCl2N3O/c1-5-15-9(16-17-5)4-14-10-7(12)2-6(11)3-8(10)13/h2-3,14H,4H2,1H3. The SMILES string of the molecule is Cc1nc(CNc2c(Cl)cc(Br)cc2Cl)no1. The van der Waals surface area contributed by atoms with Crippen LogP contribution in [0.4, 0.5) is 5.69 Å². The Morgan fingerprint density at radius 2 is 2.00 bits per heavy atom. The maximum atomic E-state index is 6.07. The van der Waals surface area contributed by atoms with Crippen LogP contribution in [0.1, 0.15) is 11.7 Å². The van der Waals surface area contributed by atoms with E-state index in [1.54, 1.807) is 19.1 Å². The quantitative estimate of drug-likeness (QED) is 0.918. The highest BCUT2D eigenvalue weighted by atomic mass is 79.9. The maximum Gasteiger partial charge on any atom is 0.223 e. The summed E-state index contributed by atoms with van der Waals surface area (Å²) in [4.78, 5) is 4.07. The van der Waals surface area contributed by atoms with Gasteiger partial charge in [-0.1, -0.05) is 44.3 Å². The van der Waals surface area contributed by atoms with Crippen molar-refractivity contribution >= 4 is 44.8 Å². The Morgan fingerprint density at radius 1 is 1.35 bits per heavy atom. The molecule has 0 spiro atoms. The average molecular weight is 337 g/mol. The number of hydrogen-bond donors (Lipinski definition) is 1. The van der Waals surface area contributed by atoms with Gasteiger partial charge in [-0.2, -0.15) is 4.98 Å². The minimum absolute atomic E-state index is 0.401. The predicted molar refractivity (Wildman–Crippen MR) is 70.5 cm³/mol. The number of nitrogens with one attached hydrogen (secondary N) is 1. The molecular formula is C10H8BrCl2N3O. The van der Waals surface area contributed by atoms with Crippen molar-refractivity contribution in [1.82, 2.24) is 10.1 Å². The first-order valence-electron chi connectivity index (χ1n) is 4.74. The van der Waals surface area contributed by atoms with Gasteiger partial charge >= 0.3 is 0 Å². The third kappa shape index (κ3) is 3.12. The van der Waals surface area contributed by atoms with E-state index in [1.807, 2.05) is 0 Å². The molecule has 0 fully saturated rings. The molecule has 17 heavy (non-hydrogen) atoms. The van der Waals surface area contributed by atoms with Crippen molar-refractivity contribution in [2.45, 2.75) is 13.5 Å². The Hall–Kier alpha value is -0.780. The van der Waals surface area contributed by atoms with Crippen LogP contribution in [0.25, 0.3) is 0 Å². The smallest absolute Gasteiger partial charge is 0.223 e. The molecule has 0 saturated carbocycles. The second-order valence-corrected chi connectivity index (χ2v) is 5.06. The van der Waals surface area contributed by atoms with Crippen LogP contribution in [0, 0.1) is 6.92 Å². The third-order valence-corrected chi connectivity index (χ3v) is 3.05. The Balaban J connectivity index is 2.14. The molecule has 0 amide bonds. The lowest BCUT2D eigenvalue weighted by molar-refractivity contribution is 0.388. The van der Waals surface area contributed by atoms with Gasteiger partial charge in [-0.25, -0.2) is 0 Å². The van der Waals surface area contributed by atoms with Crippen LogP contribution in [-0.4, -0.2) is 10.1 Å². The fourth-order valence-electron chi connectivity index (χ4n) is 1.29. The first-order valence-corrected chi connectivity index (χ1v) is 6.29. The Kier molecular flexibility index (Phi) is 3.91. The van der Waals surface area contributed by atoms with Crippen molar-refractivity contribution < 1.29 is 4.52 Å². The molecule has 0 radical (unpaired) electrons. The second kappa shape index (κ2) is 5.25. The van der Waals surface area contributed by atoms with E-state index in [9.17, 15) is 0 Å².